The van der Waals surface area contributed by atoms with Crippen LogP contribution in [0.5, 0.6) is 0 Å². The van der Waals surface area contributed by atoms with Crippen molar-refractivity contribution in [3.63, 3.8) is 0 Å². The predicted octanol–water partition coefficient (Wildman–Crippen LogP) is 1.15. The number of hydrogen-bond donors (Lipinski definition) is 1. The van der Waals surface area contributed by atoms with Gasteiger partial charge in [-0.1, -0.05) is 24.3 Å². The fourth-order valence-corrected chi connectivity index (χ4v) is 0.856. The highest BCUT2D eigenvalue weighted by molar-refractivity contribution is 5.75. The summed E-state index contributed by atoms with van der Waals surface area (Å²) in [6.07, 6.45) is 0.780. The molecular formula is C10H10NO2. The molecule has 0 aromatic heterocycles. The second-order valence-corrected chi connectivity index (χ2v) is 2.63. The summed E-state index contributed by atoms with van der Waals surface area (Å²) in [4.78, 5) is 20.8. The van der Waals surface area contributed by atoms with Gasteiger partial charge in [-0.05, 0) is 5.56 Å². The molecule has 1 radical (unpaired) electrons. The minimum atomic E-state index is -0.112. The molecule has 0 saturated carbocycles. The molecule has 0 saturated heterocycles. The lowest BCUT2D eigenvalue weighted by molar-refractivity contribution is -0.118. The van der Waals surface area contributed by atoms with Gasteiger partial charge in [-0.3, -0.25) is 9.59 Å². The van der Waals surface area contributed by atoms with Crippen LogP contribution in [0.3, 0.4) is 0 Å². The van der Waals surface area contributed by atoms with Gasteiger partial charge in [0, 0.05) is 12.5 Å². The number of carbonyl (C=O) groups excluding carboxylic acids is 2. The molecule has 67 valence electrons. The standard InChI is InChI=1S/C10H10NO2/c1-8(13)11-6-9-2-4-10(7-12)5-3-9/h2-7H,1H3,(H,11,13). The van der Waals surface area contributed by atoms with Crippen molar-refractivity contribution in [2.45, 2.75) is 6.92 Å². The van der Waals surface area contributed by atoms with Gasteiger partial charge in [0.15, 0.2) is 0 Å². The number of nitrogens with one attached hydrogen (secondary N) is 1. The summed E-state index contributed by atoms with van der Waals surface area (Å²) in [5, 5.41) is 2.55. The highest BCUT2D eigenvalue weighted by atomic mass is 16.1. The molecule has 0 atom stereocenters. The molecule has 3 heteroatoms. The Morgan fingerprint density at radius 2 is 1.77 bits per heavy atom. The second kappa shape index (κ2) is 4.40. The predicted molar refractivity (Wildman–Crippen MR) is 49.0 cm³/mol. The first-order valence-corrected chi connectivity index (χ1v) is 3.88. The zero-order valence-electron chi connectivity index (χ0n) is 7.28. The van der Waals surface area contributed by atoms with Crippen LogP contribution in [0.15, 0.2) is 24.3 Å². The number of amides is 1. The maximum absolute atomic E-state index is 10.5. The summed E-state index contributed by atoms with van der Waals surface area (Å²) in [6.45, 7) is 3.03. The topological polar surface area (TPSA) is 46.2 Å². The van der Waals surface area contributed by atoms with Crippen LogP contribution in [0.25, 0.3) is 0 Å². The summed E-state index contributed by atoms with van der Waals surface area (Å²) in [6, 6.07) is 6.92. The molecule has 3 nitrogen and oxygen atoms in total. The molecule has 1 rings (SSSR count). The van der Waals surface area contributed by atoms with Crippen LogP contribution in [0.1, 0.15) is 22.8 Å². The second-order valence-electron chi connectivity index (χ2n) is 2.63. The average Bonchev–Trinajstić information content (AvgIpc) is 2.15. The Hall–Kier alpha value is -1.64. The van der Waals surface area contributed by atoms with Crippen molar-refractivity contribution in [1.82, 2.24) is 5.32 Å². The van der Waals surface area contributed by atoms with Crippen molar-refractivity contribution < 1.29 is 9.59 Å². The minimum Gasteiger partial charge on any atom is -0.347 e. The number of rotatable bonds is 3. The fourth-order valence-electron chi connectivity index (χ4n) is 0.856. The number of carbonyl (C=O) groups is 2. The van der Waals surface area contributed by atoms with Crippen LogP contribution in [0.2, 0.25) is 0 Å². The molecule has 1 aromatic rings. The first kappa shape index (κ1) is 9.45. The first-order valence-electron chi connectivity index (χ1n) is 3.88. The monoisotopic (exact) mass is 176 g/mol. The van der Waals surface area contributed by atoms with Gasteiger partial charge in [-0.25, -0.2) is 0 Å². The normalized spacial score (nSPS) is 9.31. The van der Waals surface area contributed by atoms with E-state index in [0.29, 0.717) is 5.56 Å². The van der Waals surface area contributed by atoms with E-state index in [1.165, 1.54) is 6.92 Å². The lowest BCUT2D eigenvalue weighted by Gasteiger charge is -2.00. The first-order chi connectivity index (χ1) is 6.22. The maximum atomic E-state index is 10.5. The van der Waals surface area contributed by atoms with E-state index in [2.05, 4.69) is 5.32 Å². The SMILES string of the molecule is CC(=O)N[CH]c1ccc(C=O)cc1. The van der Waals surface area contributed by atoms with E-state index >= 15 is 0 Å². The van der Waals surface area contributed by atoms with Crippen molar-refractivity contribution in [1.29, 1.82) is 0 Å². The number of aldehydes is 1. The van der Waals surface area contributed by atoms with E-state index in [1.54, 1.807) is 30.8 Å². The Kier molecular flexibility index (Phi) is 3.20. The van der Waals surface area contributed by atoms with Gasteiger partial charge in [-0.2, -0.15) is 0 Å². The van der Waals surface area contributed by atoms with Crippen molar-refractivity contribution in [3.8, 4) is 0 Å². The Balaban J connectivity index is 2.59. The van der Waals surface area contributed by atoms with Crippen molar-refractivity contribution in [2.24, 2.45) is 0 Å². The Labute approximate surface area is 76.8 Å². The molecule has 1 amide bonds. The molecule has 0 bridgehead atoms. The summed E-state index contributed by atoms with van der Waals surface area (Å²) >= 11 is 0. The Morgan fingerprint density at radius 1 is 1.23 bits per heavy atom. The van der Waals surface area contributed by atoms with Gasteiger partial charge >= 0.3 is 0 Å². The zero-order valence-corrected chi connectivity index (χ0v) is 7.28. The van der Waals surface area contributed by atoms with Crippen molar-refractivity contribution >= 4 is 12.2 Å². The molecule has 1 aromatic carbocycles. The van der Waals surface area contributed by atoms with Gasteiger partial charge in [-0.15, -0.1) is 0 Å². The average molecular weight is 176 g/mol. The smallest absolute Gasteiger partial charge is 0.217 e. The van der Waals surface area contributed by atoms with Gasteiger partial charge in [0.2, 0.25) is 5.91 Å². The molecule has 0 fully saturated rings. The lowest BCUT2D eigenvalue weighted by Crippen LogP contribution is -2.16. The number of hydrogen-bond acceptors (Lipinski definition) is 2. The van der Waals surface area contributed by atoms with Gasteiger partial charge in [0.25, 0.3) is 0 Å². The van der Waals surface area contributed by atoms with Crippen LogP contribution in [-0.4, -0.2) is 12.2 Å². The summed E-state index contributed by atoms with van der Waals surface area (Å²) < 4.78 is 0. The van der Waals surface area contributed by atoms with E-state index in [4.69, 9.17) is 0 Å². The molecule has 1 N–H and O–H groups in total. The maximum Gasteiger partial charge on any atom is 0.217 e. The zero-order chi connectivity index (χ0) is 9.68. The molecule has 0 aliphatic rings. The molecule has 0 heterocycles. The Bertz CT molecular complexity index is 303. The molecule has 0 unspecified atom stereocenters. The summed E-state index contributed by atoms with van der Waals surface area (Å²) in [7, 11) is 0. The summed E-state index contributed by atoms with van der Waals surface area (Å²) in [5.41, 5.74) is 1.49. The summed E-state index contributed by atoms with van der Waals surface area (Å²) in [5.74, 6) is -0.112. The third kappa shape index (κ3) is 3.07. The van der Waals surface area contributed by atoms with Gasteiger partial charge < -0.3 is 5.32 Å². The van der Waals surface area contributed by atoms with Gasteiger partial charge in [0.1, 0.15) is 6.29 Å². The van der Waals surface area contributed by atoms with Crippen LogP contribution >= 0.6 is 0 Å². The lowest BCUT2D eigenvalue weighted by atomic mass is 10.1. The van der Waals surface area contributed by atoms with E-state index in [0.717, 1.165) is 11.8 Å². The minimum absolute atomic E-state index is 0.112. The largest absolute Gasteiger partial charge is 0.347 e. The van der Waals surface area contributed by atoms with Crippen LogP contribution in [0, 0.1) is 6.54 Å². The third-order valence-corrected chi connectivity index (χ3v) is 1.51. The van der Waals surface area contributed by atoms with Crippen LogP contribution in [0.4, 0.5) is 0 Å². The van der Waals surface area contributed by atoms with E-state index < -0.39 is 0 Å². The van der Waals surface area contributed by atoms with E-state index in [-0.39, 0.29) is 5.91 Å². The van der Waals surface area contributed by atoms with Gasteiger partial charge in [0.05, 0.1) is 6.54 Å². The fraction of sp³-hybridized carbons (Fsp3) is 0.100. The third-order valence-electron chi connectivity index (χ3n) is 1.51. The number of benzene rings is 1. The van der Waals surface area contributed by atoms with Crippen LogP contribution in [-0.2, 0) is 4.79 Å². The molecule has 0 aliphatic carbocycles. The molecule has 0 aliphatic heterocycles. The van der Waals surface area contributed by atoms with E-state index in [1.807, 2.05) is 0 Å². The highest BCUT2D eigenvalue weighted by Crippen LogP contribution is 2.02. The van der Waals surface area contributed by atoms with Crippen molar-refractivity contribution in [3.05, 3.63) is 41.9 Å². The Morgan fingerprint density at radius 3 is 2.23 bits per heavy atom. The molecule has 13 heavy (non-hydrogen) atoms. The molecular weight excluding hydrogens is 166 g/mol. The van der Waals surface area contributed by atoms with E-state index in [9.17, 15) is 9.59 Å². The molecule has 0 spiro atoms. The van der Waals surface area contributed by atoms with Crippen molar-refractivity contribution in [2.75, 3.05) is 0 Å². The quantitative estimate of drug-likeness (QED) is 0.702. The highest BCUT2D eigenvalue weighted by Gasteiger charge is 1.95. The van der Waals surface area contributed by atoms with Crippen LogP contribution < -0.4 is 5.32 Å².